The second-order valence-electron chi connectivity index (χ2n) is 3.83. The molecular weight excluding hydrogens is 178 g/mol. The SMILES string of the molecule is CCNCc1nnnn1CCC1CC1. The molecule has 1 aromatic rings. The molecule has 1 heterocycles. The molecule has 1 saturated carbocycles. The molecule has 1 fully saturated rings. The second-order valence-corrected chi connectivity index (χ2v) is 3.83. The number of aryl methyl sites for hydroxylation is 1. The van der Waals surface area contributed by atoms with E-state index in [1.54, 1.807) is 0 Å². The van der Waals surface area contributed by atoms with Crippen molar-refractivity contribution in [2.45, 2.75) is 39.3 Å². The van der Waals surface area contributed by atoms with Crippen molar-refractivity contribution < 1.29 is 0 Å². The van der Waals surface area contributed by atoms with Crippen LogP contribution in [-0.4, -0.2) is 26.8 Å². The van der Waals surface area contributed by atoms with E-state index in [0.29, 0.717) is 0 Å². The normalized spacial score (nSPS) is 16.1. The highest BCUT2D eigenvalue weighted by molar-refractivity contribution is 4.81. The first-order valence-electron chi connectivity index (χ1n) is 5.36. The van der Waals surface area contributed by atoms with Crippen LogP contribution in [0.2, 0.25) is 0 Å². The first kappa shape index (κ1) is 9.58. The monoisotopic (exact) mass is 195 g/mol. The van der Waals surface area contributed by atoms with Crippen molar-refractivity contribution in [1.29, 1.82) is 0 Å². The maximum absolute atomic E-state index is 3.99. The van der Waals surface area contributed by atoms with Gasteiger partial charge in [0.15, 0.2) is 5.82 Å². The van der Waals surface area contributed by atoms with Crippen molar-refractivity contribution in [3.63, 3.8) is 0 Å². The largest absolute Gasteiger partial charge is 0.310 e. The van der Waals surface area contributed by atoms with Crippen molar-refractivity contribution in [1.82, 2.24) is 25.5 Å². The van der Waals surface area contributed by atoms with Gasteiger partial charge in [0.25, 0.3) is 0 Å². The topological polar surface area (TPSA) is 55.6 Å². The van der Waals surface area contributed by atoms with Crippen LogP contribution < -0.4 is 5.32 Å². The van der Waals surface area contributed by atoms with E-state index >= 15 is 0 Å². The van der Waals surface area contributed by atoms with Crippen LogP contribution in [0.15, 0.2) is 0 Å². The molecule has 0 aromatic carbocycles. The molecule has 0 amide bonds. The number of nitrogens with zero attached hydrogens (tertiary/aromatic N) is 4. The summed E-state index contributed by atoms with van der Waals surface area (Å²) in [6.45, 7) is 4.78. The van der Waals surface area contributed by atoms with E-state index in [2.05, 4.69) is 27.8 Å². The van der Waals surface area contributed by atoms with Crippen molar-refractivity contribution in [3.05, 3.63) is 5.82 Å². The molecule has 5 heteroatoms. The zero-order chi connectivity index (χ0) is 9.80. The van der Waals surface area contributed by atoms with Gasteiger partial charge in [-0.25, -0.2) is 4.68 Å². The fourth-order valence-corrected chi connectivity index (χ4v) is 1.47. The van der Waals surface area contributed by atoms with Crippen LogP contribution >= 0.6 is 0 Å². The van der Waals surface area contributed by atoms with Crippen LogP contribution in [0, 0.1) is 5.92 Å². The molecule has 78 valence electrons. The molecule has 0 radical (unpaired) electrons. The number of hydrogen-bond donors (Lipinski definition) is 1. The minimum atomic E-state index is 0.772. The van der Waals surface area contributed by atoms with E-state index in [4.69, 9.17) is 0 Å². The molecular formula is C9H17N5. The predicted octanol–water partition coefficient (Wildman–Crippen LogP) is 0.583. The third kappa shape index (κ3) is 2.51. The van der Waals surface area contributed by atoms with Gasteiger partial charge in [-0.15, -0.1) is 5.10 Å². The smallest absolute Gasteiger partial charge is 0.165 e. The predicted molar refractivity (Wildman–Crippen MR) is 52.5 cm³/mol. The molecule has 1 aliphatic carbocycles. The zero-order valence-corrected chi connectivity index (χ0v) is 8.61. The van der Waals surface area contributed by atoms with E-state index in [-0.39, 0.29) is 0 Å². The fraction of sp³-hybridized carbons (Fsp3) is 0.889. The van der Waals surface area contributed by atoms with Gasteiger partial charge in [-0.1, -0.05) is 19.8 Å². The molecule has 1 aliphatic rings. The Morgan fingerprint density at radius 3 is 3.07 bits per heavy atom. The van der Waals surface area contributed by atoms with Crippen LogP contribution in [-0.2, 0) is 13.1 Å². The van der Waals surface area contributed by atoms with E-state index in [1.165, 1.54) is 19.3 Å². The molecule has 5 nitrogen and oxygen atoms in total. The van der Waals surface area contributed by atoms with E-state index in [0.717, 1.165) is 31.4 Å². The quantitative estimate of drug-likeness (QED) is 0.721. The summed E-state index contributed by atoms with van der Waals surface area (Å²) in [6, 6.07) is 0. The molecule has 0 atom stereocenters. The highest BCUT2D eigenvalue weighted by atomic mass is 15.5. The number of aromatic nitrogens is 4. The van der Waals surface area contributed by atoms with Gasteiger partial charge in [-0.2, -0.15) is 0 Å². The molecule has 0 saturated heterocycles. The Bertz CT molecular complexity index is 278. The summed E-state index contributed by atoms with van der Waals surface area (Å²) < 4.78 is 1.92. The van der Waals surface area contributed by atoms with Crippen LogP contribution in [0.5, 0.6) is 0 Å². The lowest BCUT2D eigenvalue weighted by atomic mass is 10.3. The second kappa shape index (κ2) is 4.50. The van der Waals surface area contributed by atoms with E-state index in [1.807, 2.05) is 4.68 Å². The summed E-state index contributed by atoms with van der Waals surface area (Å²) >= 11 is 0. The highest BCUT2D eigenvalue weighted by Crippen LogP contribution is 2.32. The summed E-state index contributed by atoms with van der Waals surface area (Å²) in [5.41, 5.74) is 0. The van der Waals surface area contributed by atoms with E-state index in [9.17, 15) is 0 Å². The van der Waals surface area contributed by atoms with Gasteiger partial charge in [-0.05, 0) is 29.3 Å². The minimum absolute atomic E-state index is 0.772. The first-order valence-corrected chi connectivity index (χ1v) is 5.36. The van der Waals surface area contributed by atoms with Gasteiger partial charge in [0, 0.05) is 6.54 Å². The Kier molecular flexibility index (Phi) is 3.08. The van der Waals surface area contributed by atoms with Gasteiger partial charge in [-0.3, -0.25) is 0 Å². The van der Waals surface area contributed by atoms with Crippen molar-refractivity contribution in [3.8, 4) is 0 Å². The van der Waals surface area contributed by atoms with Gasteiger partial charge in [0.1, 0.15) is 0 Å². The maximum Gasteiger partial charge on any atom is 0.165 e. The molecule has 2 rings (SSSR count). The lowest BCUT2D eigenvalue weighted by molar-refractivity contribution is 0.503. The minimum Gasteiger partial charge on any atom is -0.310 e. The molecule has 1 N–H and O–H groups in total. The van der Waals surface area contributed by atoms with Crippen molar-refractivity contribution in [2.75, 3.05) is 6.54 Å². The Balaban J connectivity index is 1.83. The molecule has 0 unspecified atom stereocenters. The van der Waals surface area contributed by atoms with Crippen LogP contribution in [0.25, 0.3) is 0 Å². The lowest BCUT2D eigenvalue weighted by Gasteiger charge is -2.03. The van der Waals surface area contributed by atoms with Crippen molar-refractivity contribution >= 4 is 0 Å². The molecule has 0 aliphatic heterocycles. The molecule has 0 bridgehead atoms. The standard InChI is InChI=1S/C9H17N5/c1-2-10-7-9-11-12-13-14(9)6-5-8-3-4-8/h8,10H,2-7H2,1H3. The Hall–Kier alpha value is -0.970. The number of nitrogens with one attached hydrogen (secondary N) is 1. The van der Waals surface area contributed by atoms with Gasteiger partial charge in [0.05, 0.1) is 6.54 Å². The number of rotatable bonds is 6. The third-order valence-corrected chi connectivity index (χ3v) is 2.59. The van der Waals surface area contributed by atoms with Crippen LogP contribution in [0.1, 0.15) is 32.0 Å². The Morgan fingerprint density at radius 1 is 1.50 bits per heavy atom. The Morgan fingerprint density at radius 2 is 2.36 bits per heavy atom. The number of hydrogen-bond acceptors (Lipinski definition) is 4. The van der Waals surface area contributed by atoms with Gasteiger partial charge in [0.2, 0.25) is 0 Å². The summed E-state index contributed by atoms with van der Waals surface area (Å²) in [5, 5.41) is 14.9. The average molecular weight is 195 g/mol. The fourth-order valence-electron chi connectivity index (χ4n) is 1.47. The summed E-state index contributed by atoms with van der Waals surface area (Å²) in [4.78, 5) is 0. The zero-order valence-electron chi connectivity index (χ0n) is 8.61. The molecule has 0 spiro atoms. The molecule has 1 aromatic heterocycles. The lowest BCUT2D eigenvalue weighted by Crippen LogP contribution is -2.17. The number of tetrazole rings is 1. The maximum atomic E-state index is 3.99. The van der Waals surface area contributed by atoms with Crippen molar-refractivity contribution in [2.24, 2.45) is 5.92 Å². The average Bonchev–Trinajstić information content (AvgIpc) is 2.92. The first-order chi connectivity index (χ1) is 6.90. The summed E-state index contributed by atoms with van der Waals surface area (Å²) in [5.74, 6) is 1.89. The summed E-state index contributed by atoms with van der Waals surface area (Å²) in [7, 11) is 0. The summed E-state index contributed by atoms with van der Waals surface area (Å²) in [6.07, 6.45) is 4.01. The van der Waals surface area contributed by atoms with E-state index < -0.39 is 0 Å². The van der Waals surface area contributed by atoms with Crippen LogP contribution in [0.4, 0.5) is 0 Å². The third-order valence-electron chi connectivity index (χ3n) is 2.59. The van der Waals surface area contributed by atoms with Crippen LogP contribution in [0.3, 0.4) is 0 Å². The van der Waals surface area contributed by atoms with Gasteiger partial charge >= 0.3 is 0 Å². The van der Waals surface area contributed by atoms with Gasteiger partial charge < -0.3 is 5.32 Å². The Labute approximate surface area is 83.9 Å². The highest BCUT2D eigenvalue weighted by Gasteiger charge is 2.21. The molecule has 14 heavy (non-hydrogen) atoms.